The van der Waals surface area contributed by atoms with Crippen molar-refractivity contribution in [1.82, 2.24) is 0 Å². The highest BCUT2D eigenvalue weighted by molar-refractivity contribution is 8.15. The SMILES string of the molecule is NC1=NC(=O)C[C@H](C(=O)Nc2cccc(Cl)c2Cl)S1. The number of amidine groups is 1. The first-order chi connectivity index (χ1) is 8.97. The number of hydrogen-bond donors (Lipinski definition) is 2. The fraction of sp³-hybridized carbons (Fsp3) is 0.182. The van der Waals surface area contributed by atoms with Crippen LogP contribution in [0.1, 0.15) is 6.42 Å². The van der Waals surface area contributed by atoms with Crippen LogP contribution in [0.3, 0.4) is 0 Å². The third-order valence-electron chi connectivity index (χ3n) is 2.36. The van der Waals surface area contributed by atoms with Crippen molar-refractivity contribution >= 4 is 57.6 Å². The van der Waals surface area contributed by atoms with Crippen LogP contribution in [0.5, 0.6) is 0 Å². The molecule has 0 saturated heterocycles. The Balaban J connectivity index is 2.12. The van der Waals surface area contributed by atoms with Gasteiger partial charge in [-0.25, -0.2) is 0 Å². The molecule has 0 bridgehead atoms. The van der Waals surface area contributed by atoms with E-state index < -0.39 is 11.2 Å². The lowest BCUT2D eigenvalue weighted by molar-refractivity contribution is -0.121. The average Bonchev–Trinajstić information content (AvgIpc) is 2.33. The summed E-state index contributed by atoms with van der Waals surface area (Å²) in [5.41, 5.74) is 5.86. The molecule has 0 fully saturated rings. The van der Waals surface area contributed by atoms with E-state index in [2.05, 4.69) is 10.3 Å². The van der Waals surface area contributed by atoms with E-state index in [4.69, 9.17) is 28.9 Å². The molecule has 100 valence electrons. The number of nitrogens with two attached hydrogens (primary N) is 1. The van der Waals surface area contributed by atoms with Gasteiger partial charge in [0, 0.05) is 0 Å². The van der Waals surface area contributed by atoms with Gasteiger partial charge in [0.25, 0.3) is 0 Å². The Kier molecular flexibility index (Phi) is 4.34. The molecule has 5 nitrogen and oxygen atoms in total. The Morgan fingerprint density at radius 1 is 1.47 bits per heavy atom. The molecule has 2 rings (SSSR count). The summed E-state index contributed by atoms with van der Waals surface area (Å²) in [7, 11) is 0. The van der Waals surface area contributed by atoms with E-state index in [1.54, 1.807) is 18.2 Å². The number of nitrogens with zero attached hydrogens (tertiary/aromatic N) is 1. The molecular formula is C11H9Cl2N3O2S. The zero-order valence-corrected chi connectivity index (χ0v) is 11.9. The third kappa shape index (κ3) is 3.40. The summed E-state index contributed by atoms with van der Waals surface area (Å²) in [4.78, 5) is 26.8. The molecule has 19 heavy (non-hydrogen) atoms. The van der Waals surface area contributed by atoms with Crippen molar-refractivity contribution in [3.63, 3.8) is 0 Å². The van der Waals surface area contributed by atoms with Crippen LogP contribution in [0.2, 0.25) is 10.0 Å². The van der Waals surface area contributed by atoms with Crippen molar-refractivity contribution in [2.75, 3.05) is 5.32 Å². The number of benzene rings is 1. The monoisotopic (exact) mass is 317 g/mol. The molecule has 0 aromatic heterocycles. The maximum Gasteiger partial charge on any atom is 0.249 e. The van der Waals surface area contributed by atoms with Gasteiger partial charge in [0.15, 0.2) is 5.17 Å². The first-order valence-electron chi connectivity index (χ1n) is 5.26. The molecule has 1 atom stereocenters. The second-order valence-electron chi connectivity index (χ2n) is 3.75. The normalized spacial score (nSPS) is 18.9. The van der Waals surface area contributed by atoms with E-state index in [-0.39, 0.29) is 22.5 Å². The molecule has 1 aliphatic heterocycles. The number of rotatable bonds is 2. The summed E-state index contributed by atoms with van der Waals surface area (Å²) >= 11 is 12.9. The van der Waals surface area contributed by atoms with Crippen LogP contribution in [0.25, 0.3) is 0 Å². The summed E-state index contributed by atoms with van der Waals surface area (Å²) in [6.45, 7) is 0. The molecule has 0 spiro atoms. The first kappa shape index (κ1) is 14.2. The quantitative estimate of drug-likeness (QED) is 0.876. The molecule has 0 saturated carbocycles. The zero-order chi connectivity index (χ0) is 14.0. The summed E-state index contributed by atoms with van der Waals surface area (Å²) < 4.78 is 0. The Hall–Kier alpha value is -1.24. The predicted molar refractivity (Wildman–Crippen MR) is 77.7 cm³/mol. The van der Waals surface area contributed by atoms with Gasteiger partial charge in [-0.15, -0.1) is 0 Å². The van der Waals surface area contributed by atoms with Gasteiger partial charge in [0.05, 0.1) is 22.2 Å². The molecule has 1 heterocycles. The van der Waals surface area contributed by atoms with Crippen molar-refractivity contribution < 1.29 is 9.59 Å². The Morgan fingerprint density at radius 2 is 2.21 bits per heavy atom. The number of halogens is 2. The van der Waals surface area contributed by atoms with Crippen molar-refractivity contribution in [1.29, 1.82) is 0 Å². The van der Waals surface area contributed by atoms with Crippen molar-refractivity contribution in [2.45, 2.75) is 11.7 Å². The summed E-state index contributed by atoms with van der Waals surface area (Å²) in [5.74, 6) is -0.769. The van der Waals surface area contributed by atoms with E-state index in [1.165, 1.54) is 0 Å². The maximum atomic E-state index is 12.0. The second kappa shape index (κ2) is 5.81. The Bertz CT molecular complexity index is 577. The lowest BCUT2D eigenvalue weighted by atomic mass is 10.2. The second-order valence-corrected chi connectivity index (χ2v) is 5.75. The van der Waals surface area contributed by atoms with Gasteiger partial charge in [-0.1, -0.05) is 41.0 Å². The summed E-state index contributed by atoms with van der Waals surface area (Å²) in [6, 6.07) is 4.90. The van der Waals surface area contributed by atoms with Crippen molar-refractivity contribution in [3.05, 3.63) is 28.2 Å². The van der Waals surface area contributed by atoms with Crippen LogP contribution in [-0.2, 0) is 9.59 Å². The number of carbonyl (C=O) groups excluding carboxylic acids is 2. The maximum absolute atomic E-state index is 12.0. The van der Waals surface area contributed by atoms with Gasteiger partial charge in [0.2, 0.25) is 11.8 Å². The van der Waals surface area contributed by atoms with Crippen LogP contribution in [0.15, 0.2) is 23.2 Å². The minimum Gasteiger partial charge on any atom is -0.378 e. The van der Waals surface area contributed by atoms with E-state index in [9.17, 15) is 9.59 Å². The smallest absolute Gasteiger partial charge is 0.249 e. The molecule has 0 aliphatic carbocycles. The molecule has 0 unspecified atom stereocenters. The van der Waals surface area contributed by atoms with Crippen molar-refractivity contribution in [2.24, 2.45) is 10.7 Å². The topological polar surface area (TPSA) is 84.5 Å². The molecular weight excluding hydrogens is 309 g/mol. The first-order valence-corrected chi connectivity index (χ1v) is 6.89. The number of amides is 2. The van der Waals surface area contributed by atoms with Gasteiger partial charge in [-0.2, -0.15) is 4.99 Å². The van der Waals surface area contributed by atoms with Crippen LogP contribution in [-0.4, -0.2) is 22.2 Å². The van der Waals surface area contributed by atoms with E-state index in [0.29, 0.717) is 10.7 Å². The molecule has 0 radical (unpaired) electrons. The molecule has 1 aromatic rings. The van der Waals surface area contributed by atoms with Crippen molar-refractivity contribution in [3.8, 4) is 0 Å². The van der Waals surface area contributed by atoms with Gasteiger partial charge in [0.1, 0.15) is 5.25 Å². The standard InChI is InChI=1S/C11H9Cl2N3O2S/c12-5-2-1-3-6(9(5)13)15-10(18)7-4-8(17)16-11(14)19-7/h1-3,7H,4H2,(H,15,18)(H2,14,16,17)/t7-/m1/s1. The minimum atomic E-state index is -0.611. The number of aliphatic imine (C=N–C) groups is 1. The molecule has 1 aromatic carbocycles. The van der Waals surface area contributed by atoms with Gasteiger partial charge < -0.3 is 11.1 Å². The lowest BCUT2D eigenvalue weighted by Crippen LogP contribution is -2.33. The third-order valence-corrected chi connectivity index (χ3v) is 4.18. The fourth-order valence-corrected chi connectivity index (χ4v) is 2.69. The summed E-state index contributed by atoms with van der Waals surface area (Å²) in [5, 5.41) is 2.70. The van der Waals surface area contributed by atoms with Crippen LogP contribution < -0.4 is 11.1 Å². The minimum absolute atomic E-state index is 0.00931. The fourth-order valence-electron chi connectivity index (χ4n) is 1.50. The number of hydrogen-bond acceptors (Lipinski definition) is 4. The zero-order valence-electron chi connectivity index (χ0n) is 9.52. The lowest BCUT2D eigenvalue weighted by Gasteiger charge is -2.18. The molecule has 8 heteroatoms. The number of thioether (sulfide) groups is 1. The largest absolute Gasteiger partial charge is 0.378 e. The molecule has 2 amide bonds. The molecule has 3 N–H and O–H groups in total. The highest BCUT2D eigenvalue weighted by atomic mass is 35.5. The van der Waals surface area contributed by atoms with Gasteiger partial charge in [-0.3, -0.25) is 9.59 Å². The van der Waals surface area contributed by atoms with Crippen LogP contribution in [0.4, 0.5) is 5.69 Å². The highest BCUT2D eigenvalue weighted by Gasteiger charge is 2.28. The number of anilines is 1. The Morgan fingerprint density at radius 3 is 2.89 bits per heavy atom. The summed E-state index contributed by atoms with van der Waals surface area (Å²) in [6.07, 6.45) is 0.00931. The predicted octanol–water partition coefficient (Wildman–Crippen LogP) is 2.28. The van der Waals surface area contributed by atoms with Crippen LogP contribution >= 0.6 is 35.0 Å². The average molecular weight is 318 g/mol. The van der Waals surface area contributed by atoms with E-state index >= 15 is 0 Å². The van der Waals surface area contributed by atoms with Gasteiger partial charge in [-0.05, 0) is 12.1 Å². The number of carbonyl (C=O) groups is 2. The van der Waals surface area contributed by atoms with E-state index in [1.807, 2.05) is 0 Å². The highest BCUT2D eigenvalue weighted by Crippen LogP contribution is 2.30. The molecule has 1 aliphatic rings. The Labute approximate surface area is 123 Å². The van der Waals surface area contributed by atoms with Gasteiger partial charge >= 0.3 is 0 Å². The number of nitrogens with one attached hydrogen (secondary N) is 1. The van der Waals surface area contributed by atoms with E-state index in [0.717, 1.165) is 11.8 Å². The van der Waals surface area contributed by atoms with Crippen LogP contribution in [0, 0.1) is 0 Å².